The van der Waals surface area contributed by atoms with Gasteiger partial charge in [-0.2, -0.15) is 0 Å². The number of phosphoric acid groups is 1. The fraction of sp³-hybridized carbons (Fsp3) is 0.778. The van der Waals surface area contributed by atoms with Gasteiger partial charge in [0, 0.05) is 0 Å². The molecule has 4 nitrogen and oxygen atoms in total. The molecule has 5 heteroatoms. The van der Waals surface area contributed by atoms with E-state index in [-0.39, 0.29) is 6.61 Å². The van der Waals surface area contributed by atoms with Crippen LogP contribution < -0.4 is 0 Å². The van der Waals surface area contributed by atoms with Crippen molar-refractivity contribution >= 4 is 7.82 Å². The standard InChI is InChI=1S/C9H19O4P/c1-2-3-4-5-6-7-8-9-13-14(10,11)12/h5-6H,2-4,7-9H2,1H3,(H2,10,11,12)/b6-5+. The number of phosphoric ester groups is 1. The van der Waals surface area contributed by atoms with Crippen LogP contribution in [0.5, 0.6) is 0 Å². The van der Waals surface area contributed by atoms with Crippen LogP contribution in [0.15, 0.2) is 12.2 Å². The molecule has 0 aliphatic heterocycles. The van der Waals surface area contributed by atoms with Crippen LogP contribution in [0.2, 0.25) is 0 Å². The molecule has 0 heterocycles. The van der Waals surface area contributed by atoms with E-state index in [0.29, 0.717) is 6.42 Å². The van der Waals surface area contributed by atoms with E-state index >= 15 is 0 Å². The first-order valence-electron chi connectivity index (χ1n) is 4.91. The molecule has 0 atom stereocenters. The Morgan fingerprint density at radius 3 is 2.29 bits per heavy atom. The molecule has 0 saturated heterocycles. The molecule has 14 heavy (non-hydrogen) atoms. The highest BCUT2D eigenvalue weighted by molar-refractivity contribution is 7.46. The summed E-state index contributed by atoms with van der Waals surface area (Å²) in [5.74, 6) is 0. The van der Waals surface area contributed by atoms with E-state index in [4.69, 9.17) is 9.79 Å². The van der Waals surface area contributed by atoms with Crippen molar-refractivity contribution in [2.24, 2.45) is 0 Å². The minimum atomic E-state index is -4.26. The number of unbranched alkanes of at least 4 members (excludes halogenated alkanes) is 3. The summed E-state index contributed by atoms with van der Waals surface area (Å²) in [4.78, 5) is 16.7. The van der Waals surface area contributed by atoms with E-state index in [9.17, 15) is 4.57 Å². The van der Waals surface area contributed by atoms with E-state index in [1.807, 2.05) is 6.08 Å². The van der Waals surface area contributed by atoms with Gasteiger partial charge in [0.2, 0.25) is 0 Å². The maximum absolute atomic E-state index is 10.3. The number of rotatable bonds is 8. The molecule has 0 rings (SSSR count). The third-order valence-corrected chi connectivity index (χ3v) is 2.18. The van der Waals surface area contributed by atoms with Gasteiger partial charge in [0.05, 0.1) is 6.61 Å². The first-order valence-corrected chi connectivity index (χ1v) is 6.44. The molecule has 0 radical (unpaired) electrons. The van der Waals surface area contributed by atoms with Crippen LogP contribution in [0.3, 0.4) is 0 Å². The van der Waals surface area contributed by atoms with Crippen molar-refractivity contribution in [2.45, 2.75) is 39.0 Å². The van der Waals surface area contributed by atoms with Gasteiger partial charge in [-0.15, -0.1) is 0 Å². The quantitative estimate of drug-likeness (QED) is 0.376. The second kappa shape index (κ2) is 8.18. The first kappa shape index (κ1) is 13.8. The maximum atomic E-state index is 10.3. The molecule has 0 aromatic carbocycles. The number of allylic oxidation sites excluding steroid dienone is 2. The van der Waals surface area contributed by atoms with Crippen LogP contribution in [0, 0.1) is 0 Å². The van der Waals surface area contributed by atoms with E-state index in [1.54, 1.807) is 0 Å². The lowest BCUT2D eigenvalue weighted by molar-refractivity contribution is 0.195. The smallest absolute Gasteiger partial charge is 0.303 e. The summed E-state index contributed by atoms with van der Waals surface area (Å²) in [6, 6.07) is 0. The minimum absolute atomic E-state index is 0.113. The molecular formula is C9H19O4P. The summed E-state index contributed by atoms with van der Waals surface area (Å²) in [6.07, 6.45) is 9.04. The molecule has 0 bridgehead atoms. The Hall–Kier alpha value is -0.150. The molecule has 0 fully saturated rings. The van der Waals surface area contributed by atoms with Crippen molar-refractivity contribution < 1.29 is 18.9 Å². The maximum Gasteiger partial charge on any atom is 0.469 e. The fourth-order valence-corrected chi connectivity index (χ4v) is 1.31. The minimum Gasteiger partial charge on any atom is -0.303 e. The molecule has 0 aliphatic carbocycles. The second-order valence-corrected chi connectivity index (χ2v) is 4.32. The summed E-state index contributed by atoms with van der Waals surface area (Å²) in [5.41, 5.74) is 0. The van der Waals surface area contributed by atoms with Gasteiger partial charge in [-0.3, -0.25) is 4.52 Å². The molecule has 0 unspecified atom stereocenters. The Kier molecular flexibility index (Phi) is 8.09. The van der Waals surface area contributed by atoms with Crippen LogP contribution in [0.4, 0.5) is 0 Å². The zero-order valence-corrected chi connectivity index (χ0v) is 9.45. The van der Waals surface area contributed by atoms with Crippen LogP contribution >= 0.6 is 7.82 Å². The Balaban J connectivity index is 3.21. The molecule has 0 spiro atoms. The van der Waals surface area contributed by atoms with Crippen molar-refractivity contribution in [1.82, 2.24) is 0 Å². The highest BCUT2D eigenvalue weighted by Crippen LogP contribution is 2.35. The lowest BCUT2D eigenvalue weighted by atomic mass is 10.2. The molecule has 0 aromatic heterocycles. The molecule has 0 aliphatic rings. The van der Waals surface area contributed by atoms with Gasteiger partial charge in [0.1, 0.15) is 0 Å². The van der Waals surface area contributed by atoms with Gasteiger partial charge in [0.15, 0.2) is 0 Å². The van der Waals surface area contributed by atoms with Gasteiger partial charge < -0.3 is 9.79 Å². The van der Waals surface area contributed by atoms with Crippen LogP contribution in [-0.2, 0) is 9.09 Å². The van der Waals surface area contributed by atoms with Crippen molar-refractivity contribution in [1.29, 1.82) is 0 Å². The summed E-state index contributed by atoms with van der Waals surface area (Å²) >= 11 is 0. The summed E-state index contributed by atoms with van der Waals surface area (Å²) < 4.78 is 14.5. The van der Waals surface area contributed by atoms with Crippen molar-refractivity contribution in [3.8, 4) is 0 Å². The predicted molar refractivity (Wildman–Crippen MR) is 55.9 cm³/mol. The van der Waals surface area contributed by atoms with Crippen LogP contribution in [0.1, 0.15) is 39.0 Å². The number of hydrogen-bond donors (Lipinski definition) is 2. The van der Waals surface area contributed by atoms with Crippen molar-refractivity contribution in [3.05, 3.63) is 12.2 Å². The summed E-state index contributed by atoms with van der Waals surface area (Å²) in [6.45, 7) is 2.25. The van der Waals surface area contributed by atoms with Gasteiger partial charge >= 0.3 is 7.82 Å². The van der Waals surface area contributed by atoms with Crippen LogP contribution in [0.25, 0.3) is 0 Å². The summed E-state index contributed by atoms with van der Waals surface area (Å²) in [5, 5.41) is 0. The van der Waals surface area contributed by atoms with Gasteiger partial charge in [-0.05, 0) is 19.3 Å². The zero-order valence-electron chi connectivity index (χ0n) is 8.56. The van der Waals surface area contributed by atoms with E-state index < -0.39 is 7.82 Å². The van der Waals surface area contributed by atoms with Crippen LogP contribution in [-0.4, -0.2) is 16.4 Å². The average molecular weight is 222 g/mol. The van der Waals surface area contributed by atoms with Crippen molar-refractivity contribution in [2.75, 3.05) is 6.61 Å². The lowest BCUT2D eigenvalue weighted by Crippen LogP contribution is -1.90. The van der Waals surface area contributed by atoms with E-state index in [1.165, 1.54) is 12.8 Å². The molecule has 0 aromatic rings. The molecule has 84 valence electrons. The fourth-order valence-electron chi connectivity index (χ4n) is 0.942. The largest absolute Gasteiger partial charge is 0.469 e. The third kappa shape index (κ3) is 11.8. The third-order valence-electron chi connectivity index (χ3n) is 1.67. The molecule has 0 amide bonds. The Bertz CT molecular complexity index is 197. The van der Waals surface area contributed by atoms with Gasteiger partial charge in [-0.1, -0.05) is 31.9 Å². The lowest BCUT2D eigenvalue weighted by Gasteiger charge is -2.02. The zero-order chi connectivity index (χ0) is 10.9. The molecular weight excluding hydrogens is 203 g/mol. The van der Waals surface area contributed by atoms with Gasteiger partial charge in [-0.25, -0.2) is 4.57 Å². The second-order valence-electron chi connectivity index (χ2n) is 3.08. The van der Waals surface area contributed by atoms with E-state index in [2.05, 4.69) is 17.5 Å². The monoisotopic (exact) mass is 222 g/mol. The normalized spacial score (nSPS) is 12.5. The molecule has 0 saturated carbocycles. The topological polar surface area (TPSA) is 66.8 Å². The average Bonchev–Trinajstić information content (AvgIpc) is 2.08. The Morgan fingerprint density at radius 1 is 1.21 bits per heavy atom. The Morgan fingerprint density at radius 2 is 1.79 bits per heavy atom. The van der Waals surface area contributed by atoms with Gasteiger partial charge in [0.25, 0.3) is 0 Å². The van der Waals surface area contributed by atoms with Crippen molar-refractivity contribution in [3.63, 3.8) is 0 Å². The molecule has 2 N–H and O–H groups in total. The highest BCUT2D eigenvalue weighted by Gasteiger charge is 2.11. The SMILES string of the molecule is CCCC/C=C/CCCOP(=O)(O)O. The first-order chi connectivity index (χ1) is 6.56. The predicted octanol–water partition coefficient (Wildman–Crippen LogP) is 2.62. The van der Waals surface area contributed by atoms with E-state index in [0.717, 1.165) is 12.8 Å². The Labute approximate surface area is 85.2 Å². The number of hydrogen-bond acceptors (Lipinski definition) is 2. The highest BCUT2D eigenvalue weighted by atomic mass is 31.2. The summed E-state index contributed by atoms with van der Waals surface area (Å²) in [7, 11) is -4.26.